The number of aromatic nitrogens is 2. The van der Waals surface area contributed by atoms with Crippen molar-refractivity contribution in [2.24, 2.45) is 5.84 Å². The third-order valence-corrected chi connectivity index (χ3v) is 3.17. The van der Waals surface area contributed by atoms with Crippen LogP contribution in [0.4, 0.5) is 17.3 Å². The van der Waals surface area contributed by atoms with E-state index < -0.39 is 0 Å². The van der Waals surface area contributed by atoms with E-state index in [4.69, 9.17) is 10.6 Å². The number of anilines is 3. The highest BCUT2D eigenvalue weighted by Crippen LogP contribution is 2.30. The molecule has 1 aromatic carbocycles. The summed E-state index contributed by atoms with van der Waals surface area (Å²) in [4.78, 5) is 8.51. The van der Waals surface area contributed by atoms with Crippen LogP contribution in [0.2, 0.25) is 0 Å². The van der Waals surface area contributed by atoms with Crippen molar-refractivity contribution in [3.63, 3.8) is 0 Å². The van der Waals surface area contributed by atoms with Gasteiger partial charge in [-0.2, -0.15) is 0 Å². The Morgan fingerprint density at radius 1 is 1.19 bits per heavy atom. The normalized spacial score (nSPS) is 10.7. The van der Waals surface area contributed by atoms with Crippen molar-refractivity contribution < 1.29 is 4.74 Å². The van der Waals surface area contributed by atoms with E-state index in [0.29, 0.717) is 12.4 Å². The molecule has 0 fully saturated rings. The molecular formula is C15H21N5O. The predicted molar refractivity (Wildman–Crippen MR) is 84.4 cm³/mol. The lowest BCUT2D eigenvalue weighted by atomic mass is 10.0. The summed E-state index contributed by atoms with van der Waals surface area (Å²) < 4.78 is 5.22. The van der Waals surface area contributed by atoms with Gasteiger partial charge in [0.1, 0.15) is 18.0 Å². The Hall–Kier alpha value is -2.18. The van der Waals surface area contributed by atoms with Gasteiger partial charge in [-0.15, -0.1) is 0 Å². The molecule has 1 aromatic heterocycles. The minimum Gasteiger partial charge on any atom is -0.380 e. The smallest absolute Gasteiger partial charge is 0.148 e. The van der Waals surface area contributed by atoms with Gasteiger partial charge in [0, 0.05) is 23.9 Å². The number of benzene rings is 1. The summed E-state index contributed by atoms with van der Waals surface area (Å²) in [5, 5.41) is 3.36. The number of nitrogens with one attached hydrogen (secondary N) is 2. The maximum atomic E-state index is 5.54. The van der Waals surface area contributed by atoms with Crippen LogP contribution in [-0.2, 0) is 11.3 Å². The van der Waals surface area contributed by atoms with Crippen LogP contribution in [0.1, 0.15) is 30.9 Å². The van der Waals surface area contributed by atoms with Crippen molar-refractivity contribution in [2.45, 2.75) is 26.4 Å². The molecule has 0 saturated carbocycles. The molecular weight excluding hydrogens is 266 g/mol. The van der Waals surface area contributed by atoms with Crippen molar-refractivity contribution in [3.8, 4) is 0 Å². The first-order chi connectivity index (χ1) is 10.2. The van der Waals surface area contributed by atoms with E-state index in [2.05, 4.69) is 34.6 Å². The van der Waals surface area contributed by atoms with Gasteiger partial charge in [-0.1, -0.05) is 32.0 Å². The number of hydrogen-bond acceptors (Lipinski definition) is 6. The molecule has 0 unspecified atom stereocenters. The van der Waals surface area contributed by atoms with Crippen LogP contribution in [0, 0.1) is 0 Å². The van der Waals surface area contributed by atoms with Crippen LogP contribution < -0.4 is 16.6 Å². The van der Waals surface area contributed by atoms with Gasteiger partial charge in [-0.25, -0.2) is 15.8 Å². The number of nitrogen functional groups attached to an aromatic ring is 1. The number of para-hydroxylation sites is 1. The van der Waals surface area contributed by atoms with Gasteiger partial charge >= 0.3 is 0 Å². The monoisotopic (exact) mass is 287 g/mol. The third kappa shape index (κ3) is 3.48. The van der Waals surface area contributed by atoms with Crippen LogP contribution in [0.25, 0.3) is 0 Å². The molecule has 0 radical (unpaired) electrons. The fourth-order valence-corrected chi connectivity index (χ4v) is 2.21. The van der Waals surface area contributed by atoms with Crippen molar-refractivity contribution in [1.29, 1.82) is 0 Å². The van der Waals surface area contributed by atoms with Gasteiger partial charge in [0.15, 0.2) is 0 Å². The van der Waals surface area contributed by atoms with E-state index in [1.54, 1.807) is 7.11 Å². The highest BCUT2D eigenvalue weighted by atomic mass is 16.5. The summed E-state index contributed by atoms with van der Waals surface area (Å²) >= 11 is 0. The molecule has 2 aromatic rings. The van der Waals surface area contributed by atoms with Crippen molar-refractivity contribution in [2.75, 3.05) is 17.9 Å². The second-order valence-corrected chi connectivity index (χ2v) is 5.00. The summed E-state index contributed by atoms with van der Waals surface area (Å²) in [6.07, 6.45) is 1.49. The van der Waals surface area contributed by atoms with Gasteiger partial charge in [0.2, 0.25) is 0 Å². The minimum absolute atomic E-state index is 0.231. The maximum absolute atomic E-state index is 5.54. The van der Waals surface area contributed by atoms with Crippen LogP contribution in [0.5, 0.6) is 0 Å². The Balaban J connectivity index is 2.40. The molecule has 0 atom stereocenters. The SMILES string of the molecule is COCc1ccccc1Nc1ncnc(NN)c1C(C)C. The first kappa shape index (κ1) is 15.2. The minimum atomic E-state index is 0.231. The zero-order valence-electron chi connectivity index (χ0n) is 12.6. The quantitative estimate of drug-likeness (QED) is 0.559. The lowest BCUT2D eigenvalue weighted by Crippen LogP contribution is -2.14. The fourth-order valence-electron chi connectivity index (χ4n) is 2.21. The maximum Gasteiger partial charge on any atom is 0.148 e. The zero-order chi connectivity index (χ0) is 15.2. The molecule has 2 rings (SSSR count). The number of hydrazine groups is 1. The molecule has 0 aliphatic carbocycles. The van der Waals surface area contributed by atoms with E-state index in [9.17, 15) is 0 Å². The molecule has 0 aliphatic rings. The summed E-state index contributed by atoms with van der Waals surface area (Å²) in [7, 11) is 1.68. The van der Waals surface area contributed by atoms with Gasteiger partial charge in [0.05, 0.1) is 6.61 Å². The summed E-state index contributed by atoms with van der Waals surface area (Å²) in [5.74, 6) is 7.15. The first-order valence-corrected chi connectivity index (χ1v) is 6.82. The largest absolute Gasteiger partial charge is 0.380 e. The Morgan fingerprint density at radius 3 is 2.57 bits per heavy atom. The Labute approximate surface area is 124 Å². The zero-order valence-corrected chi connectivity index (χ0v) is 12.6. The van der Waals surface area contributed by atoms with E-state index in [0.717, 1.165) is 22.6 Å². The molecule has 112 valence electrons. The molecule has 0 saturated heterocycles. The van der Waals surface area contributed by atoms with E-state index in [1.807, 2.05) is 24.3 Å². The Bertz CT molecular complexity index is 600. The lowest BCUT2D eigenvalue weighted by Gasteiger charge is -2.18. The highest BCUT2D eigenvalue weighted by Gasteiger charge is 2.15. The fraction of sp³-hybridized carbons (Fsp3) is 0.333. The summed E-state index contributed by atoms with van der Waals surface area (Å²) in [6, 6.07) is 7.97. The average molecular weight is 287 g/mol. The van der Waals surface area contributed by atoms with Crippen LogP contribution in [-0.4, -0.2) is 17.1 Å². The Morgan fingerprint density at radius 2 is 1.90 bits per heavy atom. The third-order valence-electron chi connectivity index (χ3n) is 3.17. The second-order valence-electron chi connectivity index (χ2n) is 5.00. The van der Waals surface area contributed by atoms with Crippen LogP contribution in [0.3, 0.4) is 0 Å². The van der Waals surface area contributed by atoms with Gasteiger partial charge in [-0.05, 0) is 12.0 Å². The molecule has 21 heavy (non-hydrogen) atoms. The topological polar surface area (TPSA) is 85.1 Å². The number of hydrogen-bond donors (Lipinski definition) is 3. The van der Waals surface area contributed by atoms with E-state index >= 15 is 0 Å². The molecule has 0 amide bonds. The highest BCUT2D eigenvalue weighted by molar-refractivity contribution is 5.67. The number of nitrogens with zero attached hydrogens (tertiary/aromatic N) is 2. The number of methoxy groups -OCH3 is 1. The lowest BCUT2D eigenvalue weighted by molar-refractivity contribution is 0.185. The average Bonchev–Trinajstić information content (AvgIpc) is 2.49. The van der Waals surface area contributed by atoms with Crippen molar-refractivity contribution in [1.82, 2.24) is 9.97 Å². The molecule has 1 heterocycles. The predicted octanol–water partition coefficient (Wildman–Crippen LogP) is 2.78. The van der Waals surface area contributed by atoms with Crippen molar-refractivity contribution in [3.05, 3.63) is 41.7 Å². The van der Waals surface area contributed by atoms with Gasteiger partial charge in [-0.3, -0.25) is 0 Å². The number of nitrogens with two attached hydrogens (primary N) is 1. The van der Waals surface area contributed by atoms with Crippen LogP contribution in [0.15, 0.2) is 30.6 Å². The molecule has 4 N–H and O–H groups in total. The van der Waals surface area contributed by atoms with Gasteiger partial charge in [0.25, 0.3) is 0 Å². The molecule has 0 bridgehead atoms. The molecule has 0 aliphatic heterocycles. The first-order valence-electron chi connectivity index (χ1n) is 6.82. The summed E-state index contributed by atoms with van der Waals surface area (Å²) in [6.45, 7) is 4.69. The van der Waals surface area contributed by atoms with E-state index in [1.165, 1.54) is 6.33 Å². The number of rotatable bonds is 6. The standard InChI is InChI=1S/C15H21N5O/c1-10(2)13-14(17-9-18-15(13)20-16)19-12-7-5-4-6-11(12)8-21-3/h4-7,9-10H,8,16H2,1-3H3,(H2,17,18,19,20). The second kappa shape index (κ2) is 7.01. The molecule has 0 spiro atoms. The number of ether oxygens (including phenoxy) is 1. The summed E-state index contributed by atoms with van der Waals surface area (Å²) in [5.41, 5.74) is 5.60. The Kier molecular flexibility index (Phi) is 5.08. The molecule has 6 nitrogen and oxygen atoms in total. The molecule has 6 heteroatoms. The van der Waals surface area contributed by atoms with Gasteiger partial charge < -0.3 is 15.5 Å². The van der Waals surface area contributed by atoms with E-state index in [-0.39, 0.29) is 5.92 Å². The van der Waals surface area contributed by atoms with Crippen molar-refractivity contribution >= 4 is 17.3 Å². The van der Waals surface area contributed by atoms with Crippen LogP contribution >= 0.6 is 0 Å².